The number of anilines is 1. The fraction of sp³-hybridized carbons (Fsp3) is 0.0714. The third-order valence-electron chi connectivity index (χ3n) is 2.66. The topological polar surface area (TPSA) is 78.1 Å². The zero-order chi connectivity index (χ0) is 14.7. The van der Waals surface area contributed by atoms with E-state index in [2.05, 4.69) is 32.5 Å². The number of benzene rings is 1. The molecule has 0 fully saturated rings. The maximum atomic E-state index is 11.8. The first kappa shape index (κ1) is 14.2. The van der Waals surface area contributed by atoms with Crippen LogP contribution in [-0.4, -0.2) is 23.0 Å². The van der Waals surface area contributed by atoms with E-state index in [1.807, 2.05) is 24.3 Å². The molecule has 20 heavy (non-hydrogen) atoms. The SMILES string of the molecule is C=Cc1c(N)nc(-c2ccc(Br)cc2)nc1C(=O)OC. The van der Waals surface area contributed by atoms with Crippen molar-refractivity contribution in [1.82, 2.24) is 9.97 Å². The van der Waals surface area contributed by atoms with E-state index in [0.717, 1.165) is 10.0 Å². The molecular formula is C14H12BrN3O2. The third kappa shape index (κ3) is 2.70. The molecule has 6 heteroatoms. The number of halogens is 1. The van der Waals surface area contributed by atoms with Crippen molar-refractivity contribution in [3.63, 3.8) is 0 Å². The number of rotatable bonds is 3. The van der Waals surface area contributed by atoms with Crippen molar-refractivity contribution in [3.8, 4) is 11.4 Å². The Labute approximate surface area is 124 Å². The second-order valence-electron chi connectivity index (χ2n) is 3.90. The zero-order valence-electron chi connectivity index (χ0n) is 10.8. The summed E-state index contributed by atoms with van der Waals surface area (Å²) < 4.78 is 5.64. The van der Waals surface area contributed by atoms with Crippen molar-refractivity contribution in [2.24, 2.45) is 0 Å². The van der Waals surface area contributed by atoms with Crippen LogP contribution in [-0.2, 0) is 4.74 Å². The molecule has 0 saturated carbocycles. The first-order valence-corrected chi connectivity index (χ1v) is 6.50. The number of carbonyl (C=O) groups is 1. The van der Waals surface area contributed by atoms with E-state index in [-0.39, 0.29) is 11.5 Å². The van der Waals surface area contributed by atoms with E-state index >= 15 is 0 Å². The number of methoxy groups -OCH3 is 1. The monoisotopic (exact) mass is 333 g/mol. The van der Waals surface area contributed by atoms with E-state index in [1.54, 1.807) is 0 Å². The molecule has 0 unspecified atom stereocenters. The molecule has 1 aromatic carbocycles. The first-order valence-electron chi connectivity index (χ1n) is 5.71. The molecule has 0 amide bonds. The second-order valence-corrected chi connectivity index (χ2v) is 4.81. The summed E-state index contributed by atoms with van der Waals surface area (Å²) in [4.78, 5) is 20.2. The highest BCUT2D eigenvalue weighted by Gasteiger charge is 2.18. The minimum atomic E-state index is -0.577. The Balaban J connectivity index is 2.61. The van der Waals surface area contributed by atoms with Gasteiger partial charge < -0.3 is 10.5 Å². The summed E-state index contributed by atoms with van der Waals surface area (Å²) in [6.07, 6.45) is 1.44. The van der Waals surface area contributed by atoms with Crippen LogP contribution in [0.2, 0.25) is 0 Å². The van der Waals surface area contributed by atoms with Gasteiger partial charge >= 0.3 is 5.97 Å². The molecule has 0 radical (unpaired) electrons. The zero-order valence-corrected chi connectivity index (χ0v) is 12.3. The molecule has 102 valence electrons. The van der Waals surface area contributed by atoms with Gasteiger partial charge in [0.1, 0.15) is 5.82 Å². The highest BCUT2D eigenvalue weighted by atomic mass is 79.9. The number of hydrogen-bond acceptors (Lipinski definition) is 5. The average molecular weight is 334 g/mol. The molecule has 0 spiro atoms. The molecule has 0 atom stereocenters. The Morgan fingerprint density at radius 2 is 2.00 bits per heavy atom. The largest absolute Gasteiger partial charge is 0.464 e. The Bertz CT molecular complexity index is 669. The Hall–Kier alpha value is -2.21. The molecule has 2 N–H and O–H groups in total. The summed E-state index contributed by atoms with van der Waals surface area (Å²) in [6, 6.07) is 7.36. The highest BCUT2D eigenvalue weighted by Crippen LogP contribution is 2.23. The van der Waals surface area contributed by atoms with E-state index in [9.17, 15) is 4.79 Å². The lowest BCUT2D eigenvalue weighted by Crippen LogP contribution is -2.11. The van der Waals surface area contributed by atoms with Crippen molar-refractivity contribution in [2.45, 2.75) is 0 Å². The fourth-order valence-corrected chi connectivity index (χ4v) is 1.93. The Morgan fingerprint density at radius 1 is 1.35 bits per heavy atom. The van der Waals surface area contributed by atoms with Crippen LogP contribution in [0.1, 0.15) is 16.1 Å². The molecule has 0 aliphatic heterocycles. The predicted octanol–water partition coefficient (Wildman–Crippen LogP) is 2.92. The first-order chi connectivity index (χ1) is 9.56. The number of hydrogen-bond donors (Lipinski definition) is 1. The number of aromatic nitrogens is 2. The Kier molecular flexibility index (Phi) is 4.14. The van der Waals surface area contributed by atoms with Gasteiger partial charge in [0.15, 0.2) is 11.5 Å². The van der Waals surface area contributed by atoms with Gasteiger partial charge in [-0.2, -0.15) is 0 Å². The van der Waals surface area contributed by atoms with Gasteiger partial charge in [0.2, 0.25) is 0 Å². The van der Waals surface area contributed by atoms with Crippen LogP contribution in [0.4, 0.5) is 5.82 Å². The van der Waals surface area contributed by atoms with Gasteiger partial charge in [0, 0.05) is 15.6 Å². The predicted molar refractivity (Wildman–Crippen MR) is 81.0 cm³/mol. The van der Waals surface area contributed by atoms with Crippen LogP contribution in [0.15, 0.2) is 35.3 Å². The van der Waals surface area contributed by atoms with E-state index in [0.29, 0.717) is 11.4 Å². The molecule has 1 aromatic heterocycles. The molecule has 0 aliphatic carbocycles. The molecule has 0 bridgehead atoms. The standard InChI is InChI=1S/C14H12BrN3O2/c1-3-10-11(14(19)20-2)17-13(18-12(10)16)8-4-6-9(15)7-5-8/h3-7H,1H2,2H3,(H2,16,17,18). The average Bonchev–Trinajstić information content (AvgIpc) is 2.46. The lowest BCUT2D eigenvalue weighted by atomic mass is 10.1. The van der Waals surface area contributed by atoms with E-state index in [1.165, 1.54) is 13.2 Å². The van der Waals surface area contributed by atoms with Crippen molar-refractivity contribution in [2.75, 3.05) is 12.8 Å². The highest BCUT2D eigenvalue weighted by molar-refractivity contribution is 9.10. The van der Waals surface area contributed by atoms with Crippen LogP contribution in [0.3, 0.4) is 0 Å². The van der Waals surface area contributed by atoms with Gasteiger partial charge in [0.05, 0.1) is 7.11 Å². The molecule has 5 nitrogen and oxygen atoms in total. The summed E-state index contributed by atoms with van der Waals surface area (Å²) in [5.41, 5.74) is 7.08. The number of nitrogen functional groups attached to an aromatic ring is 1. The maximum absolute atomic E-state index is 11.8. The summed E-state index contributed by atoms with van der Waals surface area (Å²) in [7, 11) is 1.28. The normalized spacial score (nSPS) is 10.1. The van der Waals surface area contributed by atoms with Crippen LogP contribution in [0.5, 0.6) is 0 Å². The summed E-state index contributed by atoms with van der Waals surface area (Å²) >= 11 is 3.35. The lowest BCUT2D eigenvalue weighted by Gasteiger charge is -2.09. The van der Waals surface area contributed by atoms with E-state index in [4.69, 9.17) is 10.5 Å². The van der Waals surface area contributed by atoms with Gasteiger partial charge in [-0.1, -0.05) is 40.7 Å². The molecule has 1 heterocycles. The van der Waals surface area contributed by atoms with Gasteiger partial charge in [-0.25, -0.2) is 14.8 Å². The van der Waals surface area contributed by atoms with Crippen LogP contribution in [0.25, 0.3) is 17.5 Å². The molecule has 2 aromatic rings. The van der Waals surface area contributed by atoms with Gasteiger partial charge in [-0.3, -0.25) is 0 Å². The van der Waals surface area contributed by atoms with Gasteiger partial charge in [-0.15, -0.1) is 0 Å². The lowest BCUT2D eigenvalue weighted by molar-refractivity contribution is 0.0594. The molecule has 0 aliphatic rings. The van der Waals surface area contributed by atoms with Crippen LogP contribution in [0, 0.1) is 0 Å². The second kappa shape index (κ2) is 5.83. The third-order valence-corrected chi connectivity index (χ3v) is 3.19. The molecule has 0 saturated heterocycles. The summed E-state index contributed by atoms with van der Waals surface area (Å²) in [6.45, 7) is 3.61. The van der Waals surface area contributed by atoms with Crippen LogP contribution >= 0.6 is 15.9 Å². The molecular weight excluding hydrogens is 322 g/mol. The minimum absolute atomic E-state index is 0.105. The van der Waals surface area contributed by atoms with Crippen molar-refractivity contribution < 1.29 is 9.53 Å². The number of ether oxygens (including phenoxy) is 1. The summed E-state index contributed by atoms with van der Waals surface area (Å²) in [5, 5.41) is 0. The number of nitrogens with two attached hydrogens (primary N) is 1. The van der Waals surface area contributed by atoms with E-state index < -0.39 is 5.97 Å². The summed E-state index contributed by atoms with van der Waals surface area (Å²) in [5.74, 6) is -0.0262. The minimum Gasteiger partial charge on any atom is -0.464 e. The Morgan fingerprint density at radius 3 is 2.55 bits per heavy atom. The van der Waals surface area contributed by atoms with Crippen molar-refractivity contribution in [3.05, 3.63) is 46.6 Å². The van der Waals surface area contributed by atoms with Crippen molar-refractivity contribution in [1.29, 1.82) is 0 Å². The van der Waals surface area contributed by atoms with Crippen molar-refractivity contribution >= 4 is 33.8 Å². The molecule has 2 rings (SSSR count). The fourth-order valence-electron chi connectivity index (χ4n) is 1.67. The number of carbonyl (C=O) groups excluding carboxylic acids is 1. The maximum Gasteiger partial charge on any atom is 0.357 e. The van der Waals surface area contributed by atoms with Gasteiger partial charge in [-0.05, 0) is 12.1 Å². The number of esters is 1. The quantitative estimate of drug-likeness (QED) is 0.873. The van der Waals surface area contributed by atoms with Gasteiger partial charge in [0.25, 0.3) is 0 Å². The smallest absolute Gasteiger partial charge is 0.357 e. The number of nitrogens with zero attached hydrogens (tertiary/aromatic N) is 2. The van der Waals surface area contributed by atoms with Crippen LogP contribution < -0.4 is 5.73 Å².